The standard InChI is InChI=1S/C13H24N2OS/c1-5-13(6-2,10(14)17)11(16)15-8-9-7-12(9,3)4/h9H,5-8H2,1-4H3,(H2,14,17)(H,15,16). The van der Waals surface area contributed by atoms with Gasteiger partial charge in [0, 0.05) is 6.54 Å². The van der Waals surface area contributed by atoms with Gasteiger partial charge >= 0.3 is 0 Å². The van der Waals surface area contributed by atoms with Gasteiger partial charge in [-0.3, -0.25) is 4.79 Å². The first-order valence-electron chi connectivity index (χ1n) is 6.38. The summed E-state index contributed by atoms with van der Waals surface area (Å²) in [5.41, 5.74) is 5.47. The summed E-state index contributed by atoms with van der Waals surface area (Å²) in [5, 5.41) is 3.02. The zero-order valence-electron chi connectivity index (χ0n) is 11.3. The fourth-order valence-corrected chi connectivity index (χ4v) is 2.72. The summed E-state index contributed by atoms with van der Waals surface area (Å²) < 4.78 is 0. The van der Waals surface area contributed by atoms with Crippen LogP contribution < -0.4 is 11.1 Å². The fraction of sp³-hybridized carbons (Fsp3) is 0.846. The van der Waals surface area contributed by atoms with Crippen LogP contribution in [0, 0.1) is 16.7 Å². The predicted molar refractivity (Wildman–Crippen MR) is 74.7 cm³/mol. The first-order valence-corrected chi connectivity index (χ1v) is 6.79. The van der Waals surface area contributed by atoms with Gasteiger partial charge < -0.3 is 11.1 Å². The van der Waals surface area contributed by atoms with Crippen molar-refractivity contribution in [2.75, 3.05) is 6.54 Å². The molecule has 0 aromatic rings. The van der Waals surface area contributed by atoms with Crippen LogP contribution in [-0.2, 0) is 4.79 Å². The molecular formula is C13H24N2OS. The van der Waals surface area contributed by atoms with Gasteiger partial charge in [-0.1, -0.05) is 39.9 Å². The molecule has 0 heterocycles. The summed E-state index contributed by atoms with van der Waals surface area (Å²) in [5.74, 6) is 0.599. The van der Waals surface area contributed by atoms with Gasteiger partial charge in [-0.05, 0) is 30.6 Å². The van der Waals surface area contributed by atoms with Gasteiger partial charge in [-0.15, -0.1) is 0 Å². The Bertz CT molecular complexity index is 321. The lowest BCUT2D eigenvalue weighted by Gasteiger charge is -2.29. The van der Waals surface area contributed by atoms with E-state index in [1.54, 1.807) is 0 Å². The van der Waals surface area contributed by atoms with Crippen molar-refractivity contribution >= 4 is 23.1 Å². The molecule has 0 spiro atoms. The minimum Gasteiger partial charge on any atom is -0.392 e. The topological polar surface area (TPSA) is 55.1 Å². The lowest BCUT2D eigenvalue weighted by molar-refractivity contribution is -0.127. The van der Waals surface area contributed by atoms with E-state index in [1.807, 2.05) is 13.8 Å². The van der Waals surface area contributed by atoms with Gasteiger partial charge in [0.1, 0.15) is 0 Å². The van der Waals surface area contributed by atoms with E-state index < -0.39 is 5.41 Å². The number of rotatable bonds is 6. The minimum atomic E-state index is -0.658. The molecule has 1 unspecified atom stereocenters. The van der Waals surface area contributed by atoms with Crippen molar-refractivity contribution in [3.8, 4) is 0 Å². The van der Waals surface area contributed by atoms with Crippen LogP contribution in [0.3, 0.4) is 0 Å². The second-order valence-electron chi connectivity index (χ2n) is 5.75. The van der Waals surface area contributed by atoms with Crippen molar-refractivity contribution < 1.29 is 4.79 Å². The van der Waals surface area contributed by atoms with E-state index in [9.17, 15) is 4.79 Å². The van der Waals surface area contributed by atoms with E-state index in [1.165, 1.54) is 6.42 Å². The summed E-state index contributed by atoms with van der Waals surface area (Å²) in [4.78, 5) is 12.5. The average Bonchev–Trinajstić information content (AvgIpc) is 2.85. The van der Waals surface area contributed by atoms with Crippen LogP contribution in [0.2, 0.25) is 0 Å². The zero-order chi connectivity index (χ0) is 13.3. The molecule has 1 amide bonds. The van der Waals surface area contributed by atoms with Crippen molar-refractivity contribution in [1.29, 1.82) is 0 Å². The van der Waals surface area contributed by atoms with Crippen LogP contribution in [0.1, 0.15) is 47.0 Å². The van der Waals surface area contributed by atoms with E-state index in [0.717, 1.165) is 6.54 Å². The monoisotopic (exact) mass is 256 g/mol. The Balaban J connectivity index is 2.58. The Hall–Kier alpha value is -0.640. The number of nitrogens with one attached hydrogen (secondary N) is 1. The molecule has 3 N–H and O–H groups in total. The van der Waals surface area contributed by atoms with Crippen LogP contribution in [0.5, 0.6) is 0 Å². The number of nitrogens with two attached hydrogens (primary N) is 1. The normalized spacial score (nSPS) is 22.0. The molecule has 0 bridgehead atoms. The Kier molecular flexibility index (Phi) is 4.18. The molecule has 1 atom stereocenters. The Morgan fingerprint density at radius 3 is 2.24 bits per heavy atom. The molecule has 1 fully saturated rings. The minimum absolute atomic E-state index is 0.00213. The third kappa shape index (κ3) is 2.79. The molecule has 0 aliphatic heterocycles. The molecule has 98 valence electrons. The highest BCUT2D eigenvalue weighted by molar-refractivity contribution is 7.80. The second-order valence-corrected chi connectivity index (χ2v) is 6.19. The molecule has 4 heteroatoms. The number of hydrogen-bond donors (Lipinski definition) is 2. The van der Waals surface area contributed by atoms with E-state index in [0.29, 0.717) is 29.2 Å². The molecular weight excluding hydrogens is 232 g/mol. The molecule has 1 aliphatic rings. The largest absolute Gasteiger partial charge is 0.392 e. The molecule has 3 nitrogen and oxygen atoms in total. The first kappa shape index (κ1) is 14.4. The van der Waals surface area contributed by atoms with Crippen LogP contribution in [-0.4, -0.2) is 17.4 Å². The van der Waals surface area contributed by atoms with Crippen molar-refractivity contribution in [3.05, 3.63) is 0 Å². The van der Waals surface area contributed by atoms with Gasteiger partial charge in [0.05, 0.1) is 10.4 Å². The summed E-state index contributed by atoms with van der Waals surface area (Å²) >= 11 is 5.06. The maximum atomic E-state index is 12.2. The third-order valence-electron chi connectivity index (χ3n) is 4.34. The molecule has 0 radical (unpaired) electrons. The number of hydrogen-bond acceptors (Lipinski definition) is 2. The fourth-order valence-electron chi connectivity index (χ4n) is 2.34. The maximum Gasteiger partial charge on any atom is 0.233 e. The van der Waals surface area contributed by atoms with Crippen molar-refractivity contribution in [1.82, 2.24) is 5.32 Å². The Morgan fingerprint density at radius 2 is 1.94 bits per heavy atom. The lowest BCUT2D eigenvalue weighted by atomic mass is 9.81. The number of amides is 1. The van der Waals surface area contributed by atoms with Crippen LogP contribution in [0.25, 0.3) is 0 Å². The highest BCUT2D eigenvalue weighted by Crippen LogP contribution is 2.51. The third-order valence-corrected chi connectivity index (χ3v) is 4.73. The second kappa shape index (κ2) is 4.92. The van der Waals surface area contributed by atoms with E-state index in [4.69, 9.17) is 18.0 Å². The van der Waals surface area contributed by atoms with Crippen LogP contribution in [0.15, 0.2) is 0 Å². The van der Waals surface area contributed by atoms with Crippen LogP contribution in [0.4, 0.5) is 0 Å². The molecule has 17 heavy (non-hydrogen) atoms. The highest BCUT2D eigenvalue weighted by Gasteiger charge is 2.46. The molecule has 0 aromatic heterocycles. The molecule has 0 saturated heterocycles. The molecule has 1 aliphatic carbocycles. The highest BCUT2D eigenvalue weighted by atomic mass is 32.1. The number of carbonyl (C=O) groups excluding carboxylic acids is 1. The van der Waals surface area contributed by atoms with E-state index in [2.05, 4.69) is 19.2 Å². The number of thiocarbonyl (C=S) groups is 1. The molecule has 0 aromatic carbocycles. The predicted octanol–water partition coefficient (Wildman–Crippen LogP) is 2.24. The van der Waals surface area contributed by atoms with Crippen molar-refractivity contribution in [2.45, 2.75) is 47.0 Å². The van der Waals surface area contributed by atoms with E-state index in [-0.39, 0.29) is 5.91 Å². The summed E-state index contributed by atoms with van der Waals surface area (Å²) in [6.45, 7) is 9.12. The zero-order valence-corrected chi connectivity index (χ0v) is 12.1. The van der Waals surface area contributed by atoms with Crippen LogP contribution >= 0.6 is 12.2 Å². The SMILES string of the molecule is CCC(CC)(C(=O)NCC1CC1(C)C)C(N)=S. The Morgan fingerprint density at radius 1 is 1.47 bits per heavy atom. The van der Waals surface area contributed by atoms with Gasteiger partial charge in [-0.25, -0.2) is 0 Å². The number of carbonyl (C=O) groups is 1. The summed E-state index contributed by atoms with van der Waals surface area (Å²) in [6, 6.07) is 0. The van der Waals surface area contributed by atoms with Gasteiger partial charge in [0.2, 0.25) is 5.91 Å². The van der Waals surface area contributed by atoms with E-state index >= 15 is 0 Å². The van der Waals surface area contributed by atoms with Crippen molar-refractivity contribution in [3.63, 3.8) is 0 Å². The van der Waals surface area contributed by atoms with Gasteiger partial charge in [-0.2, -0.15) is 0 Å². The van der Waals surface area contributed by atoms with Gasteiger partial charge in [0.15, 0.2) is 0 Å². The van der Waals surface area contributed by atoms with Crippen molar-refractivity contribution in [2.24, 2.45) is 22.5 Å². The maximum absolute atomic E-state index is 12.2. The lowest BCUT2D eigenvalue weighted by Crippen LogP contribution is -2.48. The average molecular weight is 256 g/mol. The smallest absolute Gasteiger partial charge is 0.233 e. The quantitative estimate of drug-likeness (QED) is 0.717. The molecule has 1 rings (SSSR count). The Labute approximate surface area is 110 Å². The van der Waals surface area contributed by atoms with Gasteiger partial charge in [0.25, 0.3) is 0 Å². The molecule has 1 saturated carbocycles. The summed E-state index contributed by atoms with van der Waals surface area (Å²) in [6.07, 6.45) is 2.52. The summed E-state index contributed by atoms with van der Waals surface area (Å²) in [7, 11) is 0. The first-order chi connectivity index (χ1) is 7.80.